The standard InChI is InChI=1S/C16H22N2/c1-2-14-15-6-4-3-5-12(15)11-16(14)18-9-7-13(17)8-10-18/h3-6,11,13-14H,2,7-10,17H2,1H3. The zero-order valence-corrected chi connectivity index (χ0v) is 11.1. The maximum absolute atomic E-state index is 6.00. The molecule has 2 heteroatoms. The number of nitrogens with zero attached hydrogens (tertiary/aromatic N) is 1. The van der Waals surface area contributed by atoms with Crippen LogP contribution < -0.4 is 5.73 Å². The minimum atomic E-state index is 0.408. The number of nitrogens with two attached hydrogens (primary N) is 1. The van der Waals surface area contributed by atoms with Gasteiger partial charge in [-0.25, -0.2) is 0 Å². The van der Waals surface area contributed by atoms with Gasteiger partial charge in [0.2, 0.25) is 0 Å². The van der Waals surface area contributed by atoms with Crippen LogP contribution in [0.3, 0.4) is 0 Å². The molecule has 0 radical (unpaired) electrons. The summed E-state index contributed by atoms with van der Waals surface area (Å²) in [5.74, 6) is 0.593. The van der Waals surface area contributed by atoms with Crippen LogP contribution in [0.15, 0.2) is 30.0 Å². The third-order valence-corrected chi connectivity index (χ3v) is 4.34. The van der Waals surface area contributed by atoms with E-state index < -0.39 is 0 Å². The lowest BCUT2D eigenvalue weighted by molar-refractivity contribution is 0.253. The fourth-order valence-electron chi connectivity index (χ4n) is 3.28. The minimum absolute atomic E-state index is 0.408. The van der Waals surface area contributed by atoms with Crippen molar-refractivity contribution in [2.24, 2.45) is 5.73 Å². The average Bonchev–Trinajstić information content (AvgIpc) is 2.78. The summed E-state index contributed by atoms with van der Waals surface area (Å²) in [4.78, 5) is 2.55. The van der Waals surface area contributed by atoms with E-state index in [1.165, 1.54) is 23.2 Å². The average molecular weight is 242 g/mol. The molecule has 0 aromatic heterocycles. The minimum Gasteiger partial charge on any atom is -0.374 e. The molecule has 3 rings (SSSR count). The largest absolute Gasteiger partial charge is 0.374 e. The van der Waals surface area contributed by atoms with Crippen LogP contribution >= 0.6 is 0 Å². The van der Waals surface area contributed by atoms with Crippen LogP contribution in [0.2, 0.25) is 0 Å². The van der Waals surface area contributed by atoms with E-state index in [4.69, 9.17) is 5.73 Å². The molecule has 1 fully saturated rings. The molecule has 1 unspecified atom stereocenters. The van der Waals surface area contributed by atoms with Crippen LogP contribution in [0.25, 0.3) is 6.08 Å². The van der Waals surface area contributed by atoms with E-state index in [0.29, 0.717) is 12.0 Å². The van der Waals surface area contributed by atoms with Gasteiger partial charge in [-0.3, -0.25) is 0 Å². The molecule has 1 saturated heterocycles. The molecule has 2 aliphatic rings. The number of hydrogen-bond acceptors (Lipinski definition) is 2. The molecule has 96 valence electrons. The molecule has 1 aliphatic heterocycles. The zero-order valence-electron chi connectivity index (χ0n) is 11.1. The normalized spacial score (nSPS) is 24.0. The van der Waals surface area contributed by atoms with Gasteiger partial charge < -0.3 is 10.6 Å². The highest BCUT2D eigenvalue weighted by Crippen LogP contribution is 2.40. The monoisotopic (exact) mass is 242 g/mol. The number of piperidine rings is 1. The Morgan fingerprint density at radius 1 is 1.22 bits per heavy atom. The van der Waals surface area contributed by atoms with Gasteiger partial charge in [0.1, 0.15) is 0 Å². The van der Waals surface area contributed by atoms with Gasteiger partial charge >= 0.3 is 0 Å². The fourth-order valence-corrected chi connectivity index (χ4v) is 3.28. The second kappa shape index (κ2) is 4.77. The molecule has 1 heterocycles. The van der Waals surface area contributed by atoms with Crippen molar-refractivity contribution in [2.75, 3.05) is 13.1 Å². The van der Waals surface area contributed by atoms with Crippen molar-refractivity contribution in [2.45, 2.75) is 38.1 Å². The Kier molecular flexibility index (Phi) is 3.13. The summed E-state index contributed by atoms with van der Waals surface area (Å²) in [7, 11) is 0. The van der Waals surface area contributed by atoms with E-state index in [1.807, 2.05) is 0 Å². The third kappa shape index (κ3) is 1.95. The van der Waals surface area contributed by atoms with Crippen LogP contribution in [-0.4, -0.2) is 24.0 Å². The molecule has 18 heavy (non-hydrogen) atoms. The van der Waals surface area contributed by atoms with E-state index >= 15 is 0 Å². The van der Waals surface area contributed by atoms with E-state index in [9.17, 15) is 0 Å². The lowest BCUT2D eigenvalue weighted by Gasteiger charge is -2.35. The second-order valence-electron chi connectivity index (χ2n) is 5.48. The molecule has 0 saturated carbocycles. The Balaban J connectivity index is 1.85. The SMILES string of the molecule is CCC1C(N2CCC(N)CC2)=Cc2ccccc21. The van der Waals surface area contributed by atoms with Crippen molar-refractivity contribution in [3.05, 3.63) is 41.1 Å². The Labute approximate surface area is 109 Å². The Hall–Kier alpha value is -1.28. The van der Waals surface area contributed by atoms with E-state index in [-0.39, 0.29) is 0 Å². The van der Waals surface area contributed by atoms with Gasteiger partial charge in [-0.15, -0.1) is 0 Å². The first-order valence-corrected chi connectivity index (χ1v) is 7.10. The van der Waals surface area contributed by atoms with Crippen LogP contribution in [-0.2, 0) is 0 Å². The van der Waals surface area contributed by atoms with Crippen molar-refractivity contribution in [3.8, 4) is 0 Å². The van der Waals surface area contributed by atoms with E-state index in [1.54, 1.807) is 0 Å². The first-order chi connectivity index (χ1) is 8.79. The number of likely N-dealkylation sites (tertiary alicyclic amines) is 1. The number of benzene rings is 1. The van der Waals surface area contributed by atoms with Gasteiger partial charge in [0, 0.05) is 30.7 Å². The van der Waals surface area contributed by atoms with Gasteiger partial charge in [-0.05, 0) is 36.5 Å². The lowest BCUT2D eigenvalue weighted by atomic mass is 9.94. The summed E-state index contributed by atoms with van der Waals surface area (Å²) in [6.07, 6.45) is 5.83. The smallest absolute Gasteiger partial charge is 0.0243 e. The van der Waals surface area contributed by atoms with Crippen molar-refractivity contribution >= 4 is 6.08 Å². The second-order valence-corrected chi connectivity index (χ2v) is 5.48. The number of hydrogen-bond donors (Lipinski definition) is 1. The first-order valence-electron chi connectivity index (χ1n) is 7.10. The number of rotatable bonds is 2. The summed E-state index contributed by atoms with van der Waals surface area (Å²) >= 11 is 0. The summed E-state index contributed by atoms with van der Waals surface area (Å²) in [6, 6.07) is 9.22. The molecule has 0 bridgehead atoms. The Bertz CT molecular complexity index is 456. The Morgan fingerprint density at radius 3 is 2.67 bits per heavy atom. The number of allylic oxidation sites excluding steroid dienone is 1. The van der Waals surface area contributed by atoms with Gasteiger partial charge in [0.25, 0.3) is 0 Å². The fraction of sp³-hybridized carbons (Fsp3) is 0.500. The van der Waals surface area contributed by atoms with Crippen molar-refractivity contribution in [3.63, 3.8) is 0 Å². The zero-order chi connectivity index (χ0) is 12.5. The maximum atomic E-state index is 6.00. The van der Waals surface area contributed by atoms with E-state index in [0.717, 1.165) is 25.9 Å². The summed E-state index contributed by atoms with van der Waals surface area (Å²) < 4.78 is 0. The van der Waals surface area contributed by atoms with Gasteiger partial charge in [0.05, 0.1) is 0 Å². The molecule has 1 aromatic carbocycles. The van der Waals surface area contributed by atoms with E-state index in [2.05, 4.69) is 42.2 Å². The van der Waals surface area contributed by atoms with Gasteiger partial charge in [-0.1, -0.05) is 31.2 Å². The topological polar surface area (TPSA) is 29.3 Å². The molecule has 1 aliphatic carbocycles. The molecule has 2 nitrogen and oxygen atoms in total. The molecule has 1 aromatic rings. The summed E-state index contributed by atoms with van der Waals surface area (Å²) in [6.45, 7) is 4.53. The van der Waals surface area contributed by atoms with Gasteiger partial charge in [-0.2, -0.15) is 0 Å². The highest BCUT2D eigenvalue weighted by atomic mass is 15.2. The predicted octanol–water partition coefficient (Wildman–Crippen LogP) is 2.96. The van der Waals surface area contributed by atoms with Crippen molar-refractivity contribution in [1.82, 2.24) is 4.90 Å². The lowest BCUT2D eigenvalue weighted by Crippen LogP contribution is -2.39. The van der Waals surface area contributed by atoms with Crippen LogP contribution in [0.4, 0.5) is 0 Å². The molecular weight excluding hydrogens is 220 g/mol. The first kappa shape index (κ1) is 11.8. The summed E-state index contributed by atoms with van der Waals surface area (Å²) in [5, 5.41) is 0. The summed E-state index contributed by atoms with van der Waals surface area (Å²) in [5.41, 5.74) is 10.4. The quantitative estimate of drug-likeness (QED) is 0.864. The van der Waals surface area contributed by atoms with Crippen LogP contribution in [0.5, 0.6) is 0 Å². The molecular formula is C16H22N2. The molecule has 1 atom stereocenters. The molecule has 0 amide bonds. The highest BCUT2D eigenvalue weighted by Gasteiger charge is 2.28. The molecule has 0 spiro atoms. The number of fused-ring (bicyclic) bond motifs is 1. The maximum Gasteiger partial charge on any atom is 0.0243 e. The van der Waals surface area contributed by atoms with Gasteiger partial charge in [0.15, 0.2) is 0 Å². The third-order valence-electron chi connectivity index (χ3n) is 4.34. The van der Waals surface area contributed by atoms with Crippen molar-refractivity contribution < 1.29 is 0 Å². The molecule has 2 N–H and O–H groups in total. The van der Waals surface area contributed by atoms with Crippen molar-refractivity contribution in [1.29, 1.82) is 0 Å². The van der Waals surface area contributed by atoms with Crippen LogP contribution in [0, 0.1) is 0 Å². The Morgan fingerprint density at radius 2 is 1.94 bits per heavy atom. The predicted molar refractivity (Wildman–Crippen MR) is 76.2 cm³/mol. The van der Waals surface area contributed by atoms with Crippen LogP contribution in [0.1, 0.15) is 43.2 Å². The highest BCUT2D eigenvalue weighted by molar-refractivity contribution is 5.66.